The second-order valence-corrected chi connectivity index (χ2v) is 4.55. The van der Waals surface area contributed by atoms with Crippen molar-refractivity contribution in [1.29, 1.82) is 0 Å². The van der Waals surface area contributed by atoms with Crippen LogP contribution in [0.3, 0.4) is 0 Å². The molecule has 0 fully saturated rings. The van der Waals surface area contributed by atoms with E-state index in [1.54, 1.807) is 0 Å². The van der Waals surface area contributed by atoms with Crippen LogP contribution in [0.15, 0.2) is 16.4 Å². The highest BCUT2D eigenvalue weighted by molar-refractivity contribution is 14.1. The lowest BCUT2D eigenvalue weighted by Gasteiger charge is -2.12. The molecule has 0 aliphatic rings. The van der Waals surface area contributed by atoms with Crippen LogP contribution in [0.1, 0.15) is 11.1 Å². The molecule has 1 aromatic heterocycles. The summed E-state index contributed by atoms with van der Waals surface area (Å²) >= 11 is 3.26. The van der Waals surface area contributed by atoms with Crippen LogP contribution in [0, 0.1) is 17.4 Å². The minimum absolute atomic E-state index is 0.0501. The van der Waals surface area contributed by atoms with Gasteiger partial charge in [-0.05, 0) is 53.9 Å². The Morgan fingerprint density at radius 1 is 1.50 bits per heavy atom. The number of nitrogens with two attached hydrogens (primary N) is 1. The number of nitrogens with zero attached hydrogens (tertiary/aromatic N) is 1. The van der Waals surface area contributed by atoms with Crippen molar-refractivity contribution in [3.63, 3.8) is 0 Å². The smallest absolute Gasteiger partial charge is 0.258 e. The quantitative estimate of drug-likeness (QED) is 0.670. The number of aromatic nitrogens is 1. The topological polar surface area (TPSA) is 48.0 Å². The van der Waals surface area contributed by atoms with Gasteiger partial charge in [-0.1, -0.05) is 6.58 Å². The first kappa shape index (κ1) is 11.8. The van der Waals surface area contributed by atoms with Gasteiger partial charge in [-0.3, -0.25) is 14.5 Å². The van der Waals surface area contributed by atoms with E-state index in [0.717, 1.165) is 31.7 Å². The Bertz CT molecular complexity index is 439. The molecule has 0 amide bonds. The van der Waals surface area contributed by atoms with Gasteiger partial charge in [0, 0.05) is 15.3 Å². The zero-order valence-electron chi connectivity index (χ0n) is 8.00. The zero-order chi connectivity index (χ0) is 10.9. The highest BCUT2D eigenvalue weighted by Gasteiger charge is 2.12. The molecule has 2 N–H and O–H groups in total. The highest BCUT2D eigenvalue weighted by Crippen LogP contribution is 2.23. The van der Waals surface area contributed by atoms with Crippen LogP contribution >= 0.6 is 34.5 Å². The summed E-state index contributed by atoms with van der Waals surface area (Å²) in [4.78, 5) is 11.8. The lowest BCUT2D eigenvalue weighted by molar-refractivity contribution is 0.886. The van der Waals surface area contributed by atoms with E-state index in [9.17, 15) is 4.79 Å². The molecule has 1 rings (SSSR count). The van der Waals surface area contributed by atoms with Crippen LogP contribution in [0.25, 0.3) is 6.20 Å². The van der Waals surface area contributed by atoms with Crippen molar-refractivity contribution >= 4 is 40.7 Å². The molecule has 1 heterocycles. The van der Waals surface area contributed by atoms with Crippen LogP contribution < -0.4 is 10.7 Å². The van der Waals surface area contributed by atoms with Crippen LogP contribution in [-0.2, 0) is 0 Å². The Hall–Kier alpha value is -0.270. The predicted octanol–water partition coefficient (Wildman–Crippen LogP) is 2.14. The molecule has 0 aliphatic carbocycles. The normalized spacial score (nSPS) is 10.3. The fourth-order valence-corrected chi connectivity index (χ4v) is 2.71. The Kier molecular flexibility index (Phi) is 3.79. The molecular formula is C9H11IN2OS. The van der Waals surface area contributed by atoms with E-state index < -0.39 is 0 Å². The molecule has 0 unspecified atom stereocenters. The van der Waals surface area contributed by atoms with E-state index in [1.165, 1.54) is 10.8 Å². The average Bonchev–Trinajstić information content (AvgIpc) is 2.20. The maximum Gasteiger partial charge on any atom is 0.258 e. The molecule has 0 aliphatic heterocycles. The van der Waals surface area contributed by atoms with Crippen LogP contribution in [0.4, 0.5) is 0 Å². The third-order valence-corrected chi connectivity index (χ3v) is 4.44. The Morgan fingerprint density at radius 2 is 2.07 bits per heavy atom. The van der Waals surface area contributed by atoms with E-state index in [4.69, 9.17) is 5.14 Å². The van der Waals surface area contributed by atoms with Crippen molar-refractivity contribution < 1.29 is 0 Å². The molecule has 1 aromatic rings. The molecule has 5 heteroatoms. The van der Waals surface area contributed by atoms with Gasteiger partial charge in [-0.15, -0.1) is 0 Å². The molecule has 0 aromatic carbocycles. The maximum absolute atomic E-state index is 11.8. The molecule has 0 spiro atoms. The second kappa shape index (κ2) is 4.50. The molecule has 3 nitrogen and oxygen atoms in total. The first-order valence-electron chi connectivity index (χ1n) is 3.95. The van der Waals surface area contributed by atoms with Crippen LogP contribution in [-0.4, -0.2) is 4.57 Å². The van der Waals surface area contributed by atoms with Gasteiger partial charge in [0.1, 0.15) is 5.03 Å². The Labute approximate surface area is 101 Å². The fraction of sp³-hybridized carbons (Fsp3) is 0.222. The van der Waals surface area contributed by atoms with Gasteiger partial charge in [0.2, 0.25) is 0 Å². The van der Waals surface area contributed by atoms with Gasteiger partial charge in [0.05, 0.1) is 0 Å². The second-order valence-electron chi connectivity index (χ2n) is 2.84. The summed E-state index contributed by atoms with van der Waals surface area (Å²) in [7, 11) is 0. The van der Waals surface area contributed by atoms with Gasteiger partial charge in [0.15, 0.2) is 0 Å². The van der Waals surface area contributed by atoms with Crippen molar-refractivity contribution in [2.24, 2.45) is 5.14 Å². The predicted molar refractivity (Wildman–Crippen MR) is 69.3 cm³/mol. The number of halogens is 1. The molecule has 0 radical (unpaired) electrons. The maximum atomic E-state index is 11.8. The SMILES string of the molecule is C=Cn1c(SN)c(I)c(C)c(C)c1=O. The minimum Gasteiger partial charge on any atom is -0.277 e. The average molecular weight is 322 g/mol. The van der Waals surface area contributed by atoms with Crippen molar-refractivity contribution in [2.75, 3.05) is 0 Å². The van der Waals surface area contributed by atoms with Crippen molar-refractivity contribution in [3.8, 4) is 0 Å². The fourth-order valence-electron chi connectivity index (χ4n) is 1.14. The van der Waals surface area contributed by atoms with Crippen molar-refractivity contribution in [1.82, 2.24) is 4.57 Å². The van der Waals surface area contributed by atoms with Crippen molar-refractivity contribution in [3.05, 3.63) is 31.6 Å². The zero-order valence-corrected chi connectivity index (χ0v) is 11.0. The summed E-state index contributed by atoms with van der Waals surface area (Å²) in [6.07, 6.45) is 1.49. The third kappa shape index (κ3) is 1.76. The van der Waals surface area contributed by atoms with E-state index in [2.05, 4.69) is 29.2 Å². The summed E-state index contributed by atoms with van der Waals surface area (Å²) in [6.45, 7) is 7.34. The summed E-state index contributed by atoms with van der Waals surface area (Å²) in [5.41, 5.74) is 1.68. The minimum atomic E-state index is -0.0501. The van der Waals surface area contributed by atoms with Gasteiger partial charge in [0.25, 0.3) is 5.56 Å². The first-order chi connectivity index (χ1) is 6.54. The Balaban J connectivity index is 3.74. The molecule has 0 saturated heterocycles. The van der Waals surface area contributed by atoms with E-state index in [1.807, 2.05) is 13.8 Å². The van der Waals surface area contributed by atoms with Gasteiger partial charge in [-0.2, -0.15) is 0 Å². The van der Waals surface area contributed by atoms with E-state index in [0.29, 0.717) is 0 Å². The molecule has 0 atom stereocenters. The summed E-state index contributed by atoms with van der Waals surface area (Å²) in [5, 5.41) is 6.26. The third-order valence-electron chi connectivity index (χ3n) is 2.13. The molecule has 0 saturated carbocycles. The van der Waals surface area contributed by atoms with E-state index in [-0.39, 0.29) is 5.56 Å². The lowest BCUT2D eigenvalue weighted by atomic mass is 10.2. The van der Waals surface area contributed by atoms with E-state index >= 15 is 0 Å². The number of hydrogen-bond acceptors (Lipinski definition) is 3. The number of rotatable bonds is 2. The van der Waals surface area contributed by atoms with Crippen LogP contribution in [0.5, 0.6) is 0 Å². The van der Waals surface area contributed by atoms with Crippen molar-refractivity contribution in [2.45, 2.75) is 18.9 Å². The molecule has 76 valence electrons. The van der Waals surface area contributed by atoms with Gasteiger partial charge >= 0.3 is 0 Å². The Morgan fingerprint density at radius 3 is 2.50 bits per heavy atom. The number of hydrogen-bond donors (Lipinski definition) is 1. The summed E-state index contributed by atoms with van der Waals surface area (Å²) < 4.78 is 2.49. The molecule has 0 bridgehead atoms. The van der Waals surface area contributed by atoms with Crippen LogP contribution in [0.2, 0.25) is 0 Å². The molecular weight excluding hydrogens is 311 g/mol. The van der Waals surface area contributed by atoms with Gasteiger partial charge < -0.3 is 0 Å². The lowest BCUT2D eigenvalue weighted by Crippen LogP contribution is -2.22. The monoisotopic (exact) mass is 322 g/mol. The largest absolute Gasteiger partial charge is 0.277 e. The summed E-state index contributed by atoms with van der Waals surface area (Å²) in [5.74, 6) is 0. The number of pyridine rings is 1. The first-order valence-corrected chi connectivity index (χ1v) is 5.90. The summed E-state index contributed by atoms with van der Waals surface area (Å²) in [6, 6.07) is 0. The highest BCUT2D eigenvalue weighted by atomic mass is 127. The molecule has 14 heavy (non-hydrogen) atoms. The standard InChI is InChI=1S/C9H11IN2OS/c1-4-12-8(13)6(3)5(2)7(10)9(12)14-11/h4H,1,11H2,2-3H3. The van der Waals surface area contributed by atoms with Gasteiger partial charge in [-0.25, -0.2) is 0 Å².